The molecule has 0 rings (SSSR count). The lowest BCUT2D eigenvalue weighted by molar-refractivity contribution is -0.143. The Bertz CT molecular complexity index is 317. The Morgan fingerprint density at radius 2 is 1.59 bits per heavy atom. The number of halogens is 3. The third-order valence-electron chi connectivity index (χ3n) is 4.78. The summed E-state index contributed by atoms with van der Waals surface area (Å²) < 4.78 is 42.3. The summed E-state index contributed by atoms with van der Waals surface area (Å²) in [6, 6.07) is 0. The van der Waals surface area contributed by atoms with Crippen molar-refractivity contribution in [1.29, 1.82) is 0 Å². The van der Waals surface area contributed by atoms with Gasteiger partial charge in [-0.15, -0.1) is 0 Å². The zero-order valence-electron chi connectivity index (χ0n) is 14.7. The van der Waals surface area contributed by atoms with Crippen LogP contribution in [-0.2, 0) is 4.79 Å². The highest BCUT2D eigenvalue weighted by Gasteiger charge is 2.48. The lowest BCUT2D eigenvalue weighted by atomic mass is 9.71. The normalized spacial score (nSPS) is 16.3. The van der Waals surface area contributed by atoms with E-state index in [0.717, 1.165) is 25.7 Å². The Balaban J connectivity index is 4.91. The van der Waals surface area contributed by atoms with Crippen molar-refractivity contribution < 1.29 is 18.0 Å². The highest BCUT2D eigenvalue weighted by molar-refractivity contribution is 5.82. The Kier molecular flexibility index (Phi) is 10.0. The van der Waals surface area contributed by atoms with Gasteiger partial charge in [-0.05, 0) is 26.2 Å². The predicted molar refractivity (Wildman–Crippen MR) is 86.1 cm³/mol. The van der Waals surface area contributed by atoms with E-state index in [2.05, 4.69) is 6.92 Å². The molecule has 0 saturated carbocycles. The van der Waals surface area contributed by atoms with Gasteiger partial charge in [-0.2, -0.15) is 0 Å². The summed E-state index contributed by atoms with van der Waals surface area (Å²) >= 11 is 0. The second-order valence-electron chi connectivity index (χ2n) is 6.55. The summed E-state index contributed by atoms with van der Waals surface area (Å²) in [6.07, 6.45) is 2.79. The molecule has 0 amide bonds. The van der Waals surface area contributed by atoms with E-state index in [-0.39, 0.29) is 12.2 Å². The molecule has 0 aliphatic heterocycles. The van der Waals surface area contributed by atoms with E-state index in [0.29, 0.717) is 25.7 Å². The van der Waals surface area contributed by atoms with Crippen molar-refractivity contribution in [3.8, 4) is 0 Å². The quantitative estimate of drug-likeness (QED) is 0.354. The minimum absolute atomic E-state index is 0.128. The fourth-order valence-electron chi connectivity index (χ4n) is 2.99. The molecule has 0 aliphatic rings. The van der Waals surface area contributed by atoms with Crippen LogP contribution in [0.4, 0.5) is 13.2 Å². The number of hydrogen-bond donors (Lipinski definition) is 0. The number of alkyl halides is 3. The van der Waals surface area contributed by atoms with E-state index >= 15 is 0 Å². The largest absolute Gasteiger partial charge is 0.299 e. The molecule has 0 radical (unpaired) electrons. The summed E-state index contributed by atoms with van der Waals surface area (Å²) in [4.78, 5) is 12.0. The van der Waals surface area contributed by atoms with E-state index < -0.39 is 23.9 Å². The number of ketones is 1. The molecule has 0 aromatic heterocycles. The third-order valence-corrected chi connectivity index (χ3v) is 4.78. The molecule has 2 atom stereocenters. The highest BCUT2D eigenvalue weighted by Crippen LogP contribution is 2.43. The standard InChI is InChI=1S/C18H33F3O/c1-5-8-10-11-13-17(7-3,15(4)22)14-18(20,21)16(19)12-9-6-2/h16H,5-14H2,1-4H3. The van der Waals surface area contributed by atoms with Gasteiger partial charge in [-0.1, -0.05) is 59.3 Å². The zero-order chi connectivity index (χ0) is 17.2. The van der Waals surface area contributed by atoms with Crippen LogP contribution in [0.2, 0.25) is 0 Å². The van der Waals surface area contributed by atoms with E-state index in [9.17, 15) is 18.0 Å². The summed E-state index contributed by atoms with van der Waals surface area (Å²) in [5.41, 5.74) is -1.08. The van der Waals surface area contributed by atoms with E-state index in [4.69, 9.17) is 0 Å². The molecule has 4 heteroatoms. The number of carbonyl (C=O) groups is 1. The number of rotatable bonds is 13. The molecule has 0 saturated heterocycles. The molecule has 0 aromatic carbocycles. The minimum Gasteiger partial charge on any atom is -0.299 e. The van der Waals surface area contributed by atoms with Crippen LogP contribution in [0.1, 0.15) is 91.9 Å². The maximum Gasteiger partial charge on any atom is 0.279 e. The monoisotopic (exact) mass is 322 g/mol. The Morgan fingerprint density at radius 1 is 1.00 bits per heavy atom. The maximum absolute atomic E-state index is 14.2. The van der Waals surface area contributed by atoms with Crippen molar-refractivity contribution in [2.24, 2.45) is 5.41 Å². The summed E-state index contributed by atoms with van der Waals surface area (Å²) in [5, 5.41) is 0. The number of hydrogen-bond acceptors (Lipinski definition) is 1. The molecule has 1 nitrogen and oxygen atoms in total. The van der Waals surface area contributed by atoms with E-state index in [1.165, 1.54) is 6.92 Å². The van der Waals surface area contributed by atoms with Crippen molar-refractivity contribution in [2.75, 3.05) is 0 Å². The first kappa shape index (κ1) is 21.5. The third kappa shape index (κ3) is 6.70. The molecule has 0 aromatic rings. The summed E-state index contributed by atoms with van der Waals surface area (Å²) in [5.74, 6) is -3.64. The minimum atomic E-state index is -3.42. The van der Waals surface area contributed by atoms with Gasteiger partial charge in [0, 0.05) is 11.8 Å². The van der Waals surface area contributed by atoms with E-state index in [1.807, 2.05) is 6.92 Å². The average molecular weight is 322 g/mol. The molecule has 22 heavy (non-hydrogen) atoms. The smallest absolute Gasteiger partial charge is 0.279 e. The van der Waals surface area contributed by atoms with Gasteiger partial charge in [-0.25, -0.2) is 13.2 Å². The topological polar surface area (TPSA) is 17.1 Å². The van der Waals surface area contributed by atoms with Crippen LogP contribution >= 0.6 is 0 Å². The summed E-state index contributed by atoms with van der Waals surface area (Å²) in [6.45, 7) is 7.06. The zero-order valence-corrected chi connectivity index (χ0v) is 14.7. The second-order valence-corrected chi connectivity index (χ2v) is 6.55. The molecular weight excluding hydrogens is 289 g/mol. The van der Waals surface area contributed by atoms with Gasteiger partial charge in [0.15, 0.2) is 6.17 Å². The molecule has 0 spiro atoms. The maximum atomic E-state index is 14.2. The fraction of sp³-hybridized carbons (Fsp3) is 0.944. The molecule has 2 unspecified atom stereocenters. The first-order valence-corrected chi connectivity index (χ1v) is 8.78. The van der Waals surface area contributed by atoms with Gasteiger partial charge in [0.2, 0.25) is 0 Å². The molecule has 0 fully saturated rings. The van der Waals surface area contributed by atoms with Crippen molar-refractivity contribution >= 4 is 5.78 Å². The average Bonchev–Trinajstić information content (AvgIpc) is 2.47. The number of unbranched alkanes of at least 4 members (excludes halogenated alkanes) is 4. The van der Waals surface area contributed by atoms with Crippen LogP contribution in [0.3, 0.4) is 0 Å². The lowest BCUT2D eigenvalue weighted by Gasteiger charge is -2.35. The van der Waals surface area contributed by atoms with Gasteiger partial charge in [0.1, 0.15) is 5.78 Å². The van der Waals surface area contributed by atoms with Crippen molar-refractivity contribution in [3.05, 3.63) is 0 Å². The fourth-order valence-corrected chi connectivity index (χ4v) is 2.99. The number of Topliss-reactive ketones (excluding diaryl/α,β-unsaturated/α-hetero) is 1. The molecule has 0 N–H and O–H groups in total. The highest BCUT2D eigenvalue weighted by atomic mass is 19.3. The Labute approximate surface area is 134 Å². The van der Waals surface area contributed by atoms with Crippen molar-refractivity contribution in [1.82, 2.24) is 0 Å². The van der Waals surface area contributed by atoms with Crippen LogP contribution in [0.25, 0.3) is 0 Å². The number of carbonyl (C=O) groups excluding carboxylic acids is 1. The Hall–Kier alpha value is -0.540. The first-order chi connectivity index (χ1) is 10.3. The van der Waals surface area contributed by atoms with Gasteiger partial charge >= 0.3 is 0 Å². The van der Waals surface area contributed by atoms with Gasteiger partial charge in [0.05, 0.1) is 0 Å². The summed E-state index contributed by atoms with van der Waals surface area (Å²) in [7, 11) is 0. The molecule has 0 aliphatic carbocycles. The molecule has 132 valence electrons. The van der Waals surface area contributed by atoms with Crippen LogP contribution in [0, 0.1) is 5.41 Å². The van der Waals surface area contributed by atoms with Crippen LogP contribution in [-0.4, -0.2) is 17.9 Å². The van der Waals surface area contributed by atoms with E-state index in [1.54, 1.807) is 6.92 Å². The van der Waals surface area contributed by atoms with Gasteiger partial charge in [-0.3, -0.25) is 4.79 Å². The van der Waals surface area contributed by atoms with Gasteiger partial charge < -0.3 is 0 Å². The first-order valence-electron chi connectivity index (χ1n) is 8.78. The van der Waals surface area contributed by atoms with Crippen LogP contribution < -0.4 is 0 Å². The molecule has 0 bridgehead atoms. The molecule has 0 heterocycles. The molecular formula is C18H33F3O. The van der Waals surface area contributed by atoms with Crippen molar-refractivity contribution in [2.45, 2.75) is 104 Å². The lowest BCUT2D eigenvalue weighted by Crippen LogP contribution is -2.41. The SMILES string of the molecule is CCCCCCC(CC)(CC(F)(F)C(F)CCCC)C(C)=O. The van der Waals surface area contributed by atoms with Crippen LogP contribution in [0.5, 0.6) is 0 Å². The van der Waals surface area contributed by atoms with Crippen molar-refractivity contribution in [3.63, 3.8) is 0 Å². The Morgan fingerprint density at radius 3 is 2.05 bits per heavy atom. The second kappa shape index (κ2) is 10.3. The van der Waals surface area contributed by atoms with Gasteiger partial charge in [0.25, 0.3) is 5.92 Å². The predicted octanol–water partition coefficient (Wildman–Crippen LogP) is 6.50. The van der Waals surface area contributed by atoms with Crippen LogP contribution in [0.15, 0.2) is 0 Å².